The second-order valence-corrected chi connectivity index (χ2v) is 3.94. The fourth-order valence-corrected chi connectivity index (χ4v) is 1.61. The molecule has 0 aliphatic heterocycles. The highest BCUT2D eigenvalue weighted by atomic mass is 79.9. The molecule has 0 aliphatic rings. The van der Waals surface area contributed by atoms with E-state index in [9.17, 15) is 0 Å². The van der Waals surface area contributed by atoms with E-state index in [4.69, 9.17) is 16.3 Å². The van der Waals surface area contributed by atoms with Crippen molar-refractivity contribution in [2.45, 2.75) is 0 Å². The molecule has 0 saturated heterocycles. The summed E-state index contributed by atoms with van der Waals surface area (Å²) >= 11 is 9.28. The van der Waals surface area contributed by atoms with Crippen molar-refractivity contribution in [3.05, 3.63) is 27.7 Å². The Morgan fingerprint density at radius 3 is 2.92 bits per heavy atom. The van der Waals surface area contributed by atoms with Gasteiger partial charge in [-0.1, -0.05) is 27.5 Å². The first-order chi connectivity index (χ1) is 6.24. The summed E-state index contributed by atoms with van der Waals surface area (Å²) in [6, 6.07) is 5.60. The Kier molecular flexibility index (Phi) is 4.56. The van der Waals surface area contributed by atoms with Gasteiger partial charge in [0.15, 0.2) is 0 Å². The van der Waals surface area contributed by atoms with Crippen molar-refractivity contribution in [1.29, 1.82) is 0 Å². The third kappa shape index (κ3) is 3.55. The van der Waals surface area contributed by atoms with Crippen LogP contribution in [0.3, 0.4) is 0 Å². The number of halogens is 2. The van der Waals surface area contributed by atoms with Crippen LogP contribution in [0.1, 0.15) is 0 Å². The van der Waals surface area contributed by atoms with Gasteiger partial charge >= 0.3 is 0 Å². The second kappa shape index (κ2) is 5.47. The number of benzene rings is 1. The van der Waals surface area contributed by atoms with Crippen molar-refractivity contribution in [3.8, 4) is 5.75 Å². The molecule has 0 aliphatic carbocycles. The Bertz CT molecular complexity index is 280. The molecule has 2 nitrogen and oxygen atoms in total. The lowest BCUT2D eigenvalue weighted by Crippen LogP contribution is -2.80. The average molecular weight is 266 g/mol. The van der Waals surface area contributed by atoms with Gasteiger partial charge in [-0.3, -0.25) is 0 Å². The Balaban J connectivity index is 2.56. The van der Waals surface area contributed by atoms with Crippen LogP contribution >= 0.6 is 27.5 Å². The zero-order valence-corrected chi connectivity index (χ0v) is 9.73. The van der Waals surface area contributed by atoms with Gasteiger partial charge < -0.3 is 10.1 Å². The summed E-state index contributed by atoms with van der Waals surface area (Å²) < 4.78 is 6.41. The van der Waals surface area contributed by atoms with Crippen LogP contribution in [0, 0.1) is 0 Å². The van der Waals surface area contributed by atoms with Crippen LogP contribution in [0.5, 0.6) is 5.75 Å². The lowest BCUT2D eigenvalue weighted by Gasteiger charge is -2.06. The topological polar surface area (TPSA) is 25.8 Å². The number of quaternary nitrogens is 1. The highest BCUT2D eigenvalue weighted by molar-refractivity contribution is 9.10. The number of rotatable bonds is 4. The Hall–Kier alpha value is -0.250. The van der Waals surface area contributed by atoms with Crippen LogP contribution in [-0.2, 0) is 0 Å². The van der Waals surface area contributed by atoms with Crippen molar-refractivity contribution < 1.29 is 10.1 Å². The number of ether oxygens (including phenoxy) is 1. The minimum atomic E-state index is 0.644. The van der Waals surface area contributed by atoms with Gasteiger partial charge in [-0.05, 0) is 18.2 Å². The minimum absolute atomic E-state index is 0.644. The molecule has 0 aromatic heterocycles. The van der Waals surface area contributed by atoms with E-state index in [1.165, 1.54) is 0 Å². The number of hydrogen-bond acceptors (Lipinski definition) is 1. The lowest BCUT2D eigenvalue weighted by molar-refractivity contribution is -0.627. The lowest BCUT2D eigenvalue weighted by atomic mass is 10.3. The largest absolute Gasteiger partial charge is 0.486 e. The SMILES string of the molecule is C[NH2+]CCOc1ccc(Br)cc1Cl. The number of likely N-dealkylation sites (N-methyl/N-ethyl adjacent to an activating group) is 1. The predicted molar refractivity (Wildman–Crippen MR) is 57.4 cm³/mol. The smallest absolute Gasteiger partial charge is 0.138 e. The molecule has 1 aromatic carbocycles. The maximum absolute atomic E-state index is 5.94. The minimum Gasteiger partial charge on any atom is -0.486 e. The fraction of sp³-hybridized carbons (Fsp3) is 0.333. The van der Waals surface area contributed by atoms with Crippen LogP contribution in [-0.4, -0.2) is 20.2 Å². The van der Waals surface area contributed by atoms with E-state index in [1.807, 2.05) is 25.2 Å². The van der Waals surface area contributed by atoms with Crippen molar-refractivity contribution in [1.82, 2.24) is 0 Å². The van der Waals surface area contributed by atoms with Crippen LogP contribution < -0.4 is 10.1 Å². The second-order valence-electron chi connectivity index (χ2n) is 2.62. The quantitative estimate of drug-likeness (QED) is 0.824. The molecule has 0 saturated carbocycles. The Morgan fingerprint density at radius 1 is 1.54 bits per heavy atom. The van der Waals surface area contributed by atoms with Crippen molar-refractivity contribution in [2.75, 3.05) is 20.2 Å². The molecule has 2 N–H and O–H groups in total. The molecular weight excluding hydrogens is 253 g/mol. The summed E-state index contributed by atoms with van der Waals surface area (Å²) in [4.78, 5) is 0. The standard InChI is InChI=1S/C9H11BrClNO/c1-12-4-5-13-9-3-2-7(10)6-8(9)11/h2-3,6,12H,4-5H2,1H3/p+1. The third-order valence-corrected chi connectivity index (χ3v) is 2.35. The Labute approximate surface area is 91.4 Å². The monoisotopic (exact) mass is 264 g/mol. The number of nitrogens with two attached hydrogens (primary N) is 1. The number of hydrogen-bond donors (Lipinski definition) is 1. The van der Waals surface area contributed by atoms with Gasteiger partial charge in [0.2, 0.25) is 0 Å². The molecule has 0 heterocycles. The first-order valence-electron chi connectivity index (χ1n) is 4.09. The molecule has 0 amide bonds. The van der Waals surface area contributed by atoms with E-state index in [0.717, 1.165) is 16.8 Å². The molecule has 0 radical (unpaired) electrons. The molecule has 0 bridgehead atoms. The summed E-state index contributed by atoms with van der Waals surface area (Å²) in [6.07, 6.45) is 0. The molecule has 0 spiro atoms. The normalized spacial score (nSPS) is 10.1. The van der Waals surface area contributed by atoms with Gasteiger partial charge in [0.1, 0.15) is 18.9 Å². The molecule has 4 heteroatoms. The van der Waals surface area contributed by atoms with E-state index in [2.05, 4.69) is 21.2 Å². The van der Waals surface area contributed by atoms with Crippen LogP contribution in [0.25, 0.3) is 0 Å². The summed E-state index contributed by atoms with van der Waals surface area (Å²) in [5.41, 5.74) is 0. The molecule has 1 rings (SSSR count). The first kappa shape index (κ1) is 10.8. The molecule has 0 fully saturated rings. The van der Waals surface area contributed by atoms with Gasteiger partial charge in [-0.15, -0.1) is 0 Å². The van der Waals surface area contributed by atoms with Crippen molar-refractivity contribution in [3.63, 3.8) is 0 Å². The summed E-state index contributed by atoms with van der Waals surface area (Å²) in [6.45, 7) is 1.62. The van der Waals surface area contributed by atoms with Gasteiger partial charge in [0.25, 0.3) is 0 Å². The van der Waals surface area contributed by atoms with E-state index < -0.39 is 0 Å². The predicted octanol–water partition coefficient (Wildman–Crippen LogP) is 1.67. The van der Waals surface area contributed by atoms with Gasteiger partial charge in [-0.25, -0.2) is 0 Å². The first-order valence-corrected chi connectivity index (χ1v) is 5.27. The molecule has 0 atom stereocenters. The highest BCUT2D eigenvalue weighted by Gasteiger charge is 2.01. The van der Waals surface area contributed by atoms with Gasteiger partial charge in [0.05, 0.1) is 12.1 Å². The zero-order chi connectivity index (χ0) is 9.68. The molecule has 72 valence electrons. The van der Waals surface area contributed by atoms with E-state index >= 15 is 0 Å². The highest BCUT2D eigenvalue weighted by Crippen LogP contribution is 2.27. The van der Waals surface area contributed by atoms with E-state index in [0.29, 0.717) is 11.6 Å². The zero-order valence-electron chi connectivity index (χ0n) is 7.39. The molecule has 13 heavy (non-hydrogen) atoms. The summed E-state index contributed by atoms with van der Waals surface area (Å²) in [5, 5.41) is 2.71. The molecule has 0 unspecified atom stereocenters. The van der Waals surface area contributed by atoms with Crippen molar-refractivity contribution in [2.24, 2.45) is 0 Å². The van der Waals surface area contributed by atoms with Crippen LogP contribution in [0.4, 0.5) is 0 Å². The maximum Gasteiger partial charge on any atom is 0.138 e. The maximum atomic E-state index is 5.94. The third-order valence-electron chi connectivity index (χ3n) is 1.56. The van der Waals surface area contributed by atoms with Gasteiger partial charge in [-0.2, -0.15) is 0 Å². The average Bonchev–Trinajstić information content (AvgIpc) is 2.09. The van der Waals surface area contributed by atoms with Gasteiger partial charge in [0, 0.05) is 4.47 Å². The summed E-state index contributed by atoms with van der Waals surface area (Å²) in [7, 11) is 2.01. The Morgan fingerprint density at radius 2 is 2.31 bits per heavy atom. The van der Waals surface area contributed by atoms with E-state index in [-0.39, 0.29) is 0 Å². The molecule has 1 aromatic rings. The molecular formula is C9H12BrClNO+. The van der Waals surface area contributed by atoms with E-state index in [1.54, 1.807) is 0 Å². The summed E-state index contributed by atoms with van der Waals surface area (Å²) in [5.74, 6) is 0.742. The van der Waals surface area contributed by atoms with Crippen LogP contribution in [0.15, 0.2) is 22.7 Å². The van der Waals surface area contributed by atoms with Crippen LogP contribution in [0.2, 0.25) is 5.02 Å². The van der Waals surface area contributed by atoms with Crippen molar-refractivity contribution >= 4 is 27.5 Å². The fourth-order valence-electron chi connectivity index (χ4n) is 0.879.